The largest absolute Gasteiger partial charge is 0.391 e. The molecule has 7 unspecified atom stereocenters. The van der Waals surface area contributed by atoms with Crippen LogP contribution in [-0.4, -0.2) is 350 Å². The molecule has 7 atom stereocenters. The SMILES string of the molecule is CC(C)N1CCC(Cc2ccccc2)(NC(=O)C(C)(C)O)CC1.CC(C)N1CCC(Cc2ccccc2)(NC(=O)C2CCCN2C)CC1.CC(C)N1CCC(Cc2ccccc2)(NC(=O)C2NCCC2O)CC1.CC(C)N1CCC(Cc2ccccc2)(NC(=O)CN(C)C)CC1.CC(O)C(N)C(=O)NC1(Cc2ccccc2)CCN(C(C)C)CC1.CCN1CCC(O)C1C(=O)NC1(Cc2ccccc2)CCN(C(C)C)CC1. The molecule has 9 aliphatic heterocycles. The number of hydrogen-bond donors (Lipinski definition) is 12. The highest BCUT2D eigenvalue weighted by Gasteiger charge is 2.48. The molecule has 9 aliphatic rings. The second kappa shape index (κ2) is 57.3. The highest BCUT2D eigenvalue weighted by atomic mass is 16.3. The van der Waals surface area contributed by atoms with Crippen LogP contribution in [0, 0.1) is 0 Å². The van der Waals surface area contributed by atoms with Gasteiger partial charge >= 0.3 is 0 Å². The van der Waals surface area contributed by atoms with Gasteiger partial charge in [0, 0.05) is 155 Å². The smallest absolute Gasteiger partial charge is 0.251 e. The number of aliphatic hydroxyl groups is 4. The zero-order chi connectivity index (χ0) is 107. The van der Waals surface area contributed by atoms with Crippen molar-refractivity contribution in [2.45, 2.75) is 370 Å². The third kappa shape index (κ3) is 37.2. The molecule has 6 amide bonds. The molecule has 6 aromatic rings. The predicted molar refractivity (Wildman–Crippen MR) is 596 cm³/mol. The molecule has 27 heteroatoms. The Morgan fingerprint density at radius 2 is 0.667 bits per heavy atom. The summed E-state index contributed by atoms with van der Waals surface area (Å²) >= 11 is 0. The first-order valence-electron chi connectivity index (χ1n) is 55.8. The van der Waals surface area contributed by atoms with Crippen LogP contribution in [0.1, 0.15) is 247 Å². The molecule has 816 valence electrons. The molecular weight excluding hydrogens is 1840 g/mol. The maximum absolute atomic E-state index is 13.2. The second-order valence-corrected chi connectivity index (χ2v) is 46.8. The van der Waals surface area contributed by atoms with E-state index in [9.17, 15) is 49.2 Å². The van der Waals surface area contributed by atoms with Gasteiger partial charge in [-0.3, -0.25) is 38.6 Å². The minimum Gasteiger partial charge on any atom is -0.391 e. The van der Waals surface area contributed by atoms with Gasteiger partial charge in [-0.15, -0.1) is 0 Å². The van der Waals surface area contributed by atoms with Gasteiger partial charge in [0.1, 0.15) is 23.7 Å². The summed E-state index contributed by atoms with van der Waals surface area (Å²) in [6.07, 6.45) is 18.0. The number of nitrogens with zero attached hydrogens (tertiary/aromatic N) is 9. The van der Waals surface area contributed by atoms with E-state index >= 15 is 0 Å². The third-order valence-corrected chi connectivity index (χ3v) is 32.8. The molecule has 0 aliphatic carbocycles. The number of amides is 6. The van der Waals surface area contributed by atoms with Crippen LogP contribution in [0.4, 0.5) is 0 Å². The Balaban J connectivity index is 0.000000181. The average Bonchev–Trinajstić information content (AvgIpc) is 1.78. The van der Waals surface area contributed by atoms with Gasteiger partial charge in [0.25, 0.3) is 5.91 Å². The number of piperidine rings is 6. The number of benzene rings is 6. The molecule has 9 heterocycles. The van der Waals surface area contributed by atoms with Crippen LogP contribution < -0.4 is 43.0 Å². The Morgan fingerprint density at radius 3 is 0.918 bits per heavy atom. The van der Waals surface area contributed by atoms with Gasteiger partial charge in [-0.25, -0.2) is 0 Å². The Kier molecular flexibility index (Phi) is 46.9. The number of rotatable bonds is 33. The topological polar surface area (TPSA) is 323 Å². The van der Waals surface area contributed by atoms with E-state index in [1.807, 2.05) is 73.6 Å². The van der Waals surface area contributed by atoms with E-state index < -0.39 is 42.0 Å². The number of likely N-dealkylation sites (N-methyl/N-ethyl adjacent to an activating group) is 3. The molecule has 9 fully saturated rings. The van der Waals surface area contributed by atoms with Crippen molar-refractivity contribution < 1.29 is 49.2 Å². The quantitative estimate of drug-likeness (QED) is 0.0182. The fourth-order valence-corrected chi connectivity index (χ4v) is 23.1. The fourth-order valence-electron chi connectivity index (χ4n) is 23.1. The van der Waals surface area contributed by atoms with E-state index in [0.717, 1.165) is 227 Å². The van der Waals surface area contributed by atoms with Crippen molar-refractivity contribution in [2.24, 2.45) is 5.73 Å². The molecule has 27 nitrogen and oxygen atoms in total. The standard InChI is InChI=1S/C22H35N3O2.C21H33N3O.C20H31N3O2.C19H31N3O2.C19H31N3O.C19H30N2O2/c1-4-24-13-10-19(26)20(24)21(27)23-22(16-18-8-6-5-7-9-18)11-14-25(15-12-22)17(2)3;1-17(2)24-14-11-21(12-15-24,16-18-8-5-4-6-9-18)22-20(25)19-10-7-13-23(19)3;1-15(2)23-12-9-20(10-13-23,14-16-6-4-3-5-7-16)22-19(25)18-17(24)8-11-21-18;1-14(2)22-11-9-19(10-12-22,13-16-7-5-4-6-8-16)21-18(24)17(20)15(3)23;1-16(2)22-12-10-19(11-13-22,20-18(23)15-21(3)4)14-17-8-6-5-7-9-17;1-15(2)21-12-10-19(11-13-21,20-17(22)18(3,4)23)14-16-8-6-5-7-9-16/h5-9,17,19-20,26H,4,10-16H2,1-3H3,(H,23,27);4-6,8-9,17,19H,7,10-16H2,1-3H3,(H,22,25);3-7,15,17-18,21,24H,8-14H2,1-2H3,(H,22,25);4-8,14-15,17,23H,9-13,20H2,1-3H3,(H,21,24);5-9,16H,10-15H2,1-4H3,(H,20,23);5-9,15,23H,10-14H2,1-4H3,(H,20,22). The van der Waals surface area contributed by atoms with Gasteiger partial charge in [-0.2, -0.15) is 0 Å². The van der Waals surface area contributed by atoms with E-state index in [4.69, 9.17) is 5.73 Å². The lowest BCUT2D eigenvalue weighted by Crippen LogP contribution is -2.61. The van der Waals surface area contributed by atoms with E-state index in [2.05, 4.69) is 301 Å². The van der Waals surface area contributed by atoms with Crippen LogP contribution in [0.3, 0.4) is 0 Å². The number of likely N-dealkylation sites (tertiary alicyclic amines) is 8. The zero-order valence-electron chi connectivity index (χ0n) is 93.2. The van der Waals surface area contributed by atoms with Crippen LogP contribution in [0.2, 0.25) is 0 Å². The zero-order valence-corrected chi connectivity index (χ0v) is 93.2. The summed E-state index contributed by atoms with van der Waals surface area (Å²) in [6, 6.07) is 64.0. The maximum Gasteiger partial charge on any atom is 0.251 e. The molecule has 15 rings (SSSR count). The maximum atomic E-state index is 13.2. The number of carbonyl (C=O) groups excluding carboxylic acids is 6. The fraction of sp³-hybridized carbons (Fsp3) is 0.650. The van der Waals surface area contributed by atoms with Crippen LogP contribution >= 0.6 is 0 Å². The van der Waals surface area contributed by atoms with Crippen LogP contribution in [0.25, 0.3) is 0 Å². The minimum absolute atomic E-state index is 0.00391. The molecular formula is C120H191N17O10. The summed E-state index contributed by atoms with van der Waals surface area (Å²) in [5.41, 5.74) is 10.8. The van der Waals surface area contributed by atoms with Gasteiger partial charge < -0.3 is 97.7 Å². The number of nitrogens with two attached hydrogens (primary N) is 1. The lowest BCUT2D eigenvalue weighted by Gasteiger charge is -2.45. The van der Waals surface area contributed by atoms with Crippen LogP contribution in [0.5, 0.6) is 0 Å². The Labute approximate surface area is 884 Å². The lowest BCUT2D eigenvalue weighted by molar-refractivity contribution is -0.139. The van der Waals surface area contributed by atoms with Crippen LogP contribution in [-0.2, 0) is 67.3 Å². The van der Waals surface area contributed by atoms with Crippen molar-refractivity contribution in [3.8, 4) is 0 Å². The highest BCUT2D eigenvalue weighted by molar-refractivity contribution is 5.86. The second-order valence-electron chi connectivity index (χ2n) is 46.8. The highest BCUT2D eigenvalue weighted by Crippen LogP contribution is 2.37. The van der Waals surface area contributed by atoms with Crippen LogP contribution in [0.15, 0.2) is 182 Å². The summed E-state index contributed by atoms with van der Waals surface area (Å²) in [5, 5.41) is 63.1. The van der Waals surface area contributed by atoms with Gasteiger partial charge in [0.2, 0.25) is 29.5 Å². The van der Waals surface area contributed by atoms with Crippen molar-refractivity contribution in [3.05, 3.63) is 215 Å². The summed E-state index contributed by atoms with van der Waals surface area (Å²) in [4.78, 5) is 97.2. The van der Waals surface area contributed by atoms with E-state index in [0.29, 0.717) is 62.2 Å². The summed E-state index contributed by atoms with van der Waals surface area (Å²) in [5.74, 6) is -0.252. The lowest BCUT2D eigenvalue weighted by atomic mass is 9.81. The van der Waals surface area contributed by atoms with Crippen molar-refractivity contribution in [2.75, 3.05) is 132 Å². The Hall–Kier alpha value is -8.46. The van der Waals surface area contributed by atoms with Gasteiger partial charge in [0.05, 0.1) is 30.9 Å². The average molecular weight is 2030 g/mol. The Morgan fingerprint density at radius 1 is 0.388 bits per heavy atom. The molecule has 0 bridgehead atoms. The van der Waals surface area contributed by atoms with Gasteiger partial charge in [-0.1, -0.05) is 189 Å². The van der Waals surface area contributed by atoms with E-state index in [1.165, 1.54) is 33.4 Å². The summed E-state index contributed by atoms with van der Waals surface area (Å²) in [6.45, 7) is 49.2. The molecule has 6 aromatic carbocycles. The van der Waals surface area contributed by atoms with E-state index in [1.54, 1.807) is 20.8 Å². The first kappa shape index (κ1) is 120. The molecule has 0 radical (unpaired) electrons. The predicted octanol–water partition coefficient (Wildman–Crippen LogP) is 11.8. The monoisotopic (exact) mass is 2030 g/mol. The third-order valence-electron chi connectivity index (χ3n) is 32.8. The van der Waals surface area contributed by atoms with Crippen molar-refractivity contribution >= 4 is 35.4 Å². The first-order chi connectivity index (χ1) is 69.9. The Bertz CT molecular complexity index is 4730. The molecule has 0 aromatic heterocycles. The van der Waals surface area contributed by atoms with Crippen molar-refractivity contribution in [3.63, 3.8) is 0 Å². The summed E-state index contributed by atoms with van der Waals surface area (Å²) < 4.78 is 0. The molecule has 9 saturated heterocycles. The summed E-state index contributed by atoms with van der Waals surface area (Å²) in [7, 11) is 5.94. The number of carbonyl (C=O) groups is 6. The van der Waals surface area contributed by atoms with Gasteiger partial charge in [0.15, 0.2) is 0 Å². The number of aliphatic hydroxyl groups excluding tert-OH is 3. The van der Waals surface area contributed by atoms with Crippen molar-refractivity contribution in [1.29, 1.82) is 0 Å². The first-order valence-corrected chi connectivity index (χ1v) is 55.8. The molecule has 13 N–H and O–H groups in total. The molecule has 147 heavy (non-hydrogen) atoms. The minimum atomic E-state index is -1.35. The van der Waals surface area contributed by atoms with Gasteiger partial charge in [-0.05, 0) is 319 Å². The van der Waals surface area contributed by atoms with E-state index in [-0.39, 0.29) is 74.7 Å². The number of hydrogen-bond acceptors (Lipinski definition) is 21. The normalized spacial score (nSPS) is 22.8. The molecule has 0 saturated carbocycles. The van der Waals surface area contributed by atoms with Crippen molar-refractivity contribution in [1.82, 2.24) is 81.3 Å². The number of nitrogens with one attached hydrogen (secondary N) is 7. The molecule has 0 spiro atoms.